The molecule has 18 heteroatoms. The Morgan fingerprint density at radius 3 is 2.35 bits per heavy atom. The van der Waals surface area contributed by atoms with E-state index in [4.69, 9.17) is 14.5 Å². The number of benzene rings is 1. The van der Waals surface area contributed by atoms with Crippen LogP contribution in [0.5, 0.6) is 11.5 Å². The van der Waals surface area contributed by atoms with Crippen LogP contribution in [-0.2, 0) is 30.4 Å². The van der Waals surface area contributed by atoms with E-state index in [-0.39, 0.29) is 51.7 Å². The van der Waals surface area contributed by atoms with Crippen LogP contribution in [0, 0.1) is 30.1 Å². The van der Waals surface area contributed by atoms with E-state index in [1.807, 2.05) is 13.0 Å². The van der Waals surface area contributed by atoms with E-state index in [9.17, 15) is 41.1 Å². The molecule has 7 rings (SSSR count). The number of amides is 4. The summed E-state index contributed by atoms with van der Waals surface area (Å²) in [5.74, 6) is -4.46. The van der Waals surface area contributed by atoms with Crippen molar-refractivity contribution in [3.8, 4) is 22.9 Å². The average molecular weight is 883 g/mol. The van der Waals surface area contributed by atoms with Gasteiger partial charge in [0, 0.05) is 61.1 Å². The number of hydrogen-bond acceptors (Lipinski definition) is 9. The summed E-state index contributed by atoms with van der Waals surface area (Å²) < 4.78 is 76.1. The molecule has 2 aliphatic heterocycles. The highest BCUT2D eigenvalue weighted by Crippen LogP contribution is 2.48. The monoisotopic (exact) mass is 882 g/mol. The number of methoxy groups -OCH3 is 1. The minimum atomic E-state index is -4.36. The van der Waals surface area contributed by atoms with Crippen LogP contribution in [0.25, 0.3) is 22.3 Å². The lowest BCUT2D eigenvalue weighted by Crippen LogP contribution is -2.57. The summed E-state index contributed by atoms with van der Waals surface area (Å²) in [7, 11) is 1.56. The number of pyridine rings is 2. The Morgan fingerprint density at radius 2 is 1.79 bits per heavy atom. The lowest BCUT2D eigenvalue weighted by Gasteiger charge is -2.37. The van der Waals surface area contributed by atoms with Crippen LogP contribution < -0.4 is 14.8 Å². The Labute approximate surface area is 361 Å². The van der Waals surface area contributed by atoms with Crippen molar-refractivity contribution in [1.29, 1.82) is 0 Å². The number of nitrogens with one attached hydrogen (secondary N) is 1. The molecule has 2 aromatic heterocycles. The Bertz CT molecular complexity index is 2260. The van der Waals surface area contributed by atoms with Crippen molar-refractivity contribution >= 4 is 45.8 Å². The van der Waals surface area contributed by atoms with E-state index >= 15 is 0 Å². The van der Waals surface area contributed by atoms with E-state index < -0.39 is 88.0 Å². The maximum Gasteiger partial charge on any atom is 0.391 e. The molecule has 6 atom stereocenters. The molecule has 334 valence electrons. The highest BCUT2D eigenvalue weighted by Gasteiger charge is 2.64. The van der Waals surface area contributed by atoms with Gasteiger partial charge in [-0.1, -0.05) is 32.9 Å². The van der Waals surface area contributed by atoms with Gasteiger partial charge in [-0.25, -0.2) is 13.5 Å². The number of halogens is 3. The second-order valence-electron chi connectivity index (χ2n) is 17.9. The number of carbonyl (C=O) groups is 4. The third-order valence-electron chi connectivity index (χ3n) is 12.7. The van der Waals surface area contributed by atoms with Crippen LogP contribution in [0.1, 0.15) is 71.3 Å². The van der Waals surface area contributed by atoms with Crippen molar-refractivity contribution in [3.05, 3.63) is 60.8 Å². The van der Waals surface area contributed by atoms with Crippen molar-refractivity contribution in [3.63, 3.8) is 0 Å². The number of likely N-dealkylation sites (tertiary alicyclic amines) is 2. The van der Waals surface area contributed by atoms with Crippen molar-refractivity contribution in [2.75, 3.05) is 26.7 Å². The van der Waals surface area contributed by atoms with Gasteiger partial charge in [-0.3, -0.25) is 28.7 Å². The third-order valence-corrected chi connectivity index (χ3v) is 13.5. The molecule has 4 aliphatic rings. The normalized spacial score (nSPS) is 24.0. The van der Waals surface area contributed by atoms with Crippen molar-refractivity contribution in [1.82, 2.24) is 29.4 Å². The molecule has 2 aliphatic carbocycles. The number of rotatable bonds is 13. The van der Waals surface area contributed by atoms with E-state index in [0.29, 0.717) is 46.6 Å². The van der Waals surface area contributed by atoms with Gasteiger partial charge in [-0.2, -0.15) is 13.2 Å². The Hall–Kier alpha value is -5.10. The first-order chi connectivity index (χ1) is 29.3. The van der Waals surface area contributed by atoms with Gasteiger partial charge in [0.1, 0.15) is 29.2 Å². The number of ether oxygens (including phenoxy) is 2. The molecule has 4 fully saturated rings. The first-order valence-corrected chi connectivity index (χ1v) is 21.9. The molecular formula is C44H53F3N6O8S. The summed E-state index contributed by atoms with van der Waals surface area (Å²) in [6, 6.07) is 9.08. The smallest absolute Gasteiger partial charge is 0.391 e. The standard InChI is InChI=1S/C44H53F3N6O8S/c1-7-26-23-43(26,41(57)53(62(58)59)28-11-12-28)50-39(55)34-20-29(61-36-22-33(32-10-8-9-17-48-32)49-38-25(2)35(60-6)14-13-30(36)38)24-52(34)40(56)31(42(3,4)5)21-37(54)51-18-15-27(16-19-51)44(45,46)47/h7-10,13-14,17,22,26-29,31,34H,1,11-12,15-16,18-21,23-24H2,2-6H3,(H,50,55)(H,58,59)/t26?,29-,31-,34+,43?/m1/s1. The summed E-state index contributed by atoms with van der Waals surface area (Å²) in [4.78, 5) is 69.5. The summed E-state index contributed by atoms with van der Waals surface area (Å²) in [6.07, 6.45) is -1.61. The molecule has 0 spiro atoms. The van der Waals surface area contributed by atoms with E-state index in [0.717, 1.165) is 9.87 Å². The lowest BCUT2D eigenvalue weighted by molar-refractivity contribution is -0.186. The van der Waals surface area contributed by atoms with Crippen molar-refractivity contribution < 1.29 is 50.6 Å². The number of aromatic nitrogens is 2. The molecule has 62 heavy (non-hydrogen) atoms. The molecule has 1 aromatic carbocycles. The number of piperidine rings is 1. The summed E-state index contributed by atoms with van der Waals surface area (Å²) in [5, 5.41) is 3.50. The minimum absolute atomic E-state index is 0.0352. The van der Waals surface area contributed by atoms with Crippen LogP contribution in [0.3, 0.4) is 0 Å². The van der Waals surface area contributed by atoms with Gasteiger partial charge in [0.2, 0.25) is 17.7 Å². The zero-order valence-corrected chi connectivity index (χ0v) is 36.3. The lowest BCUT2D eigenvalue weighted by atomic mass is 9.77. The fourth-order valence-corrected chi connectivity index (χ4v) is 9.58. The first kappa shape index (κ1) is 44.9. The van der Waals surface area contributed by atoms with Crippen LogP contribution >= 0.6 is 0 Å². The zero-order chi connectivity index (χ0) is 44.9. The highest BCUT2D eigenvalue weighted by atomic mass is 32.2. The van der Waals surface area contributed by atoms with E-state index in [1.165, 1.54) is 15.9 Å². The molecule has 4 heterocycles. The van der Waals surface area contributed by atoms with E-state index in [2.05, 4.69) is 16.9 Å². The predicted molar refractivity (Wildman–Crippen MR) is 224 cm³/mol. The number of nitrogens with zero attached hydrogens (tertiary/aromatic N) is 5. The Balaban J connectivity index is 1.22. The molecule has 2 saturated heterocycles. The quantitative estimate of drug-likeness (QED) is 0.153. The van der Waals surface area contributed by atoms with Crippen LogP contribution in [0.15, 0.2) is 55.3 Å². The number of aryl methyl sites for hydroxylation is 1. The first-order valence-electron chi connectivity index (χ1n) is 20.9. The summed E-state index contributed by atoms with van der Waals surface area (Å²) >= 11 is -2.64. The molecule has 0 bridgehead atoms. The second kappa shape index (κ2) is 17.2. The van der Waals surface area contributed by atoms with Gasteiger partial charge in [0.15, 0.2) is 0 Å². The topological polar surface area (TPSA) is 172 Å². The highest BCUT2D eigenvalue weighted by molar-refractivity contribution is 7.77. The van der Waals surface area contributed by atoms with Gasteiger partial charge < -0.3 is 24.6 Å². The van der Waals surface area contributed by atoms with Crippen LogP contribution in [-0.4, -0.2) is 113 Å². The molecule has 2 saturated carbocycles. The number of carbonyl (C=O) groups excluding carboxylic acids is 4. The van der Waals surface area contributed by atoms with Gasteiger partial charge in [0.05, 0.1) is 42.4 Å². The van der Waals surface area contributed by atoms with Crippen LogP contribution in [0.4, 0.5) is 13.2 Å². The summed E-state index contributed by atoms with van der Waals surface area (Å²) in [6.45, 7) is 10.7. The number of hydrogen-bond donors (Lipinski definition) is 2. The number of alkyl halides is 3. The minimum Gasteiger partial charge on any atom is -0.496 e. The average Bonchev–Trinajstić information content (AvgIpc) is 4.15. The SMILES string of the molecule is C=CC1CC1(NC(=O)[C@@H]1C[C@@H](Oc2cc(-c3ccccn3)nc3c(C)c(OC)ccc23)CN1C(=O)[C@@H](CC(=O)N1CCC(C(F)(F)F)CC1)C(C)(C)C)C(=O)N(C1CC1)S(=O)O. The molecule has 3 aromatic rings. The van der Waals surface area contributed by atoms with Crippen molar-refractivity contribution in [2.45, 2.75) is 103 Å². The molecule has 2 N–H and O–H groups in total. The molecule has 14 nitrogen and oxygen atoms in total. The van der Waals surface area contributed by atoms with Gasteiger partial charge in [-0.15, -0.1) is 6.58 Å². The Kier molecular flexibility index (Phi) is 12.5. The largest absolute Gasteiger partial charge is 0.496 e. The summed E-state index contributed by atoms with van der Waals surface area (Å²) in [5.41, 5.74) is -0.00783. The van der Waals surface area contributed by atoms with E-state index in [1.54, 1.807) is 64.4 Å². The third kappa shape index (κ3) is 9.03. The fraction of sp³-hybridized carbons (Fsp3) is 0.545. The molecular weight excluding hydrogens is 830 g/mol. The zero-order valence-electron chi connectivity index (χ0n) is 35.4. The van der Waals surface area contributed by atoms with Gasteiger partial charge in [-0.05, 0) is 68.7 Å². The molecule has 4 amide bonds. The Morgan fingerprint density at radius 1 is 1.08 bits per heavy atom. The maximum absolute atomic E-state index is 15.0. The predicted octanol–water partition coefficient (Wildman–Crippen LogP) is 6.00. The maximum atomic E-state index is 15.0. The number of fused-ring (bicyclic) bond motifs is 1. The fourth-order valence-electron chi connectivity index (χ4n) is 8.81. The van der Waals surface area contributed by atoms with Crippen LogP contribution in [0.2, 0.25) is 0 Å². The second-order valence-corrected chi connectivity index (χ2v) is 18.8. The van der Waals surface area contributed by atoms with Gasteiger partial charge in [0.25, 0.3) is 17.2 Å². The molecule has 3 unspecified atom stereocenters. The van der Waals surface area contributed by atoms with Gasteiger partial charge >= 0.3 is 6.18 Å². The van der Waals surface area contributed by atoms with Crippen molar-refractivity contribution in [2.24, 2.45) is 23.2 Å². The molecule has 0 radical (unpaired) electrons.